The minimum atomic E-state index is -0.869. The predicted molar refractivity (Wildman–Crippen MR) is 87.9 cm³/mol. The molecule has 2 heterocycles. The van der Waals surface area contributed by atoms with Gasteiger partial charge >= 0.3 is 5.69 Å². The molecular formula is C17H20N2O6. The summed E-state index contributed by atoms with van der Waals surface area (Å²) in [7, 11) is 0. The van der Waals surface area contributed by atoms with Gasteiger partial charge in [-0.15, -0.1) is 0 Å². The summed E-state index contributed by atoms with van der Waals surface area (Å²) in [6.07, 6.45) is -0.831. The molecule has 0 saturated carbocycles. The highest BCUT2D eigenvalue weighted by molar-refractivity contribution is 5.13. The van der Waals surface area contributed by atoms with Crippen molar-refractivity contribution in [2.24, 2.45) is 0 Å². The summed E-state index contributed by atoms with van der Waals surface area (Å²) in [5.74, 6) is 0. The SMILES string of the molecule is O=c1[nH]c(=O)n(C2C[C@@H](O)C(CO)O2)cc1COCc1ccccc1. The topological polar surface area (TPSA) is 114 Å². The molecule has 0 bridgehead atoms. The molecule has 3 N–H and O–H groups in total. The van der Waals surface area contributed by atoms with Crippen molar-refractivity contribution in [2.75, 3.05) is 6.61 Å². The maximum atomic E-state index is 12.0. The van der Waals surface area contributed by atoms with E-state index in [9.17, 15) is 14.7 Å². The Morgan fingerprint density at radius 1 is 1.24 bits per heavy atom. The van der Waals surface area contributed by atoms with Gasteiger partial charge in [-0.2, -0.15) is 0 Å². The Morgan fingerprint density at radius 3 is 2.68 bits per heavy atom. The first kappa shape index (κ1) is 17.6. The number of H-pyrrole nitrogens is 1. The van der Waals surface area contributed by atoms with Crippen LogP contribution in [0.5, 0.6) is 0 Å². The van der Waals surface area contributed by atoms with E-state index in [1.165, 1.54) is 10.8 Å². The zero-order chi connectivity index (χ0) is 17.8. The Balaban J connectivity index is 1.72. The number of hydrogen-bond donors (Lipinski definition) is 3. The molecule has 0 spiro atoms. The third-order valence-corrected chi connectivity index (χ3v) is 4.11. The standard InChI is InChI=1S/C17H20N2O6/c20-8-14-13(21)6-15(25-14)19-7-12(16(22)18-17(19)23)10-24-9-11-4-2-1-3-5-11/h1-5,7,13-15,20-21H,6,8-10H2,(H,18,22,23)/t13-,14?,15?/m1/s1. The van der Waals surface area contributed by atoms with Crippen LogP contribution in [0.25, 0.3) is 0 Å². The van der Waals surface area contributed by atoms with Crippen LogP contribution in [0.15, 0.2) is 46.1 Å². The quantitative estimate of drug-likeness (QED) is 0.671. The average Bonchev–Trinajstić information content (AvgIpc) is 2.98. The van der Waals surface area contributed by atoms with Crippen LogP contribution in [-0.4, -0.2) is 38.6 Å². The summed E-state index contributed by atoms with van der Waals surface area (Å²) < 4.78 is 12.2. The molecule has 1 saturated heterocycles. The molecule has 0 amide bonds. The molecule has 2 unspecified atom stereocenters. The number of aliphatic hydroxyl groups excluding tert-OH is 2. The van der Waals surface area contributed by atoms with Gasteiger partial charge in [-0.25, -0.2) is 4.79 Å². The molecule has 3 rings (SSSR count). The highest BCUT2D eigenvalue weighted by Crippen LogP contribution is 2.27. The van der Waals surface area contributed by atoms with Gasteiger partial charge in [-0.1, -0.05) is 30.3 Å². The molecule has 25 heavy (non-hydrogen) atoms. The summed E-state index contributed by atoms with van der Waals surface area (Å²) >= 11 is 0. The van der Waals surface area contributed by atoms with Gasteiger partial charge in [0.25, 0.3) is 5.56 Å². The zero-order valence-electron chi connectivity index (χ0n) is 13.5. The first-order valence-electron chi connectivity index (χ1n) is 7.99. The second-order valence-electron chi connectivity index (χ2n) is 5.91. The van der Waals surface area contributed by atoms with E-state index >= 15 is 0 Å². The largest absolute Gasteiger partial charge is 0.394 e. The lowest BCUT2D eigenvalue weighted by Gasteiger charge is -2.15. The van der Waals surface area contributed by atoms with E-state index in [2.05, 4.69) is 4.98 Å². The minimum Gasteiger partial charge on any atom is -0.394 e. The number of nitrogens with one attached hydrogen (secondary N) is 1. The number of hydrogen-bond acceptors (Lipinski definition) is 6. The van der Waals surface area contributed by atoms with Crippen LogP contribution >= 0.6 is 0 Å². The molecule has 1 fully saturated rings. The lowest BCUT2D eigenvalue weighted by atomic mass is 10.2. The number of aliphatic hydroxyl groups is 2. The first-order chi connectivity index (χ1) is 12.1. The van der Waals surface area contributed by atoms with Crippen molar-refractivity contribution in [3.63, 3.8) is 0 Å². The second kappa shape index (κ2) is 7.75. The fourth-order valence-corrected chi connectivity index (χ4v) is 2.75. The third kappa shape index (κ3) is 4.05. The molecule has 0 radical (unpaired) electrons. The van der Waals surface area contributed by atoms with Crippen molar-refractivity contribution < 1.29 is 19.7 Å². The van der Waals surface area contributed by atoms with Crippen LogP contribution in [0.1, 0.15) is 23.8 Å². The highest BCUT2D eigenvalue weighted by atomic mass is 16.5. The fourth-order valence-electron chi connectivity index (χ4n) is 2.75. The van der Waals surface area contributed by atoms with Crippen LogP contribution < -0.4 is 11.2 Å². The van der Waals surface area contributed by atoms with E-state index in [4.69, 9.17) is 14.6 Å². The monoisotopic (exact) mass is 348 g/mol. The molecule has 3 atom stereocenters. The van der Waals surface area contributed by atoms with Crippen molar-refractivity contribution in [2.45, 2.75) is 38.1 Å². The Morgan fingerprint density at radius 2 is 2.00 bits per heavy atom. The van der Waals surface area contributed by atoms with Gasteiger partial charge in [-0.3, -0.25) is 14.3 Å². The Bertz CT molecular complexity index is 816. The molecule has 8 nitrogen and oxygen atoms in total. The molecule has 1 aromatic carbocycles. The van der Waals surface area contributed by atoms with E-state index < -0.39 is 29.7 Å². The van der Waals surface area contributed by atoms with Gasteiger partial charge in [0, 0.05) is 12.6 Å². The summed E-state index contributed by atoms with van der Waals surface area (Å²) in [6.45, 7) is 0.0245. The minimum absolute atomic E-state index is 0.0310. The van der Waals surface area contributed by atoms with Crippen molar-refractivity contribution in [1.82, 2.24) is 9.55 Å². The molecule has 1 aromatic heterocycles. The molecule has 8 heteroatoms. The smallest absolute Gasteiger partial charge is 0.330 e. The molecular weight excluding hydrogens is 328 g/mol. The van der Waals surface area contributed by atoms with Gasteiger partial charge < -0.3 is 19.7 Å². The number of nitrogens with zero attached hydrogens (tertiary/aromatic N) is 1. The summed E-state index contributed by atoms with van der Waals surface area (Å²) in [5.41, 5.74) is 0.0977. The lowest BCUT2D eigenvalue weighted by Crippen LogP contribution is -2.34. The zero-order valence-corrected chi connectivity index (χ0v) is 13.5. The summed E-state index contributed by atoms with van der Waals surface area (Å²) in [5, 5.41) is 18.9. The Hall–Kier alpha value is -2.26. The molecule has 1 aliphatic heterocycles. The highest BCUT2D eigenvalue weighted by Gasteiger charge is 2.35. The fraction of sp³-hybridized carbons (Fsp3) is 0.412. The molecule has 1 aliphatic rings. The number of rotatable bonds is 6. The number of ether oxygens (including phenoxy) is 2. The van der Waals surface area contributed by atoms with Crippen molar-refractivity contribution in [3.8, 4) is 0 Å². The number of aromatic amines is 1. The third-order valence-electron chi connectivity index (χ3n) is 4.11. The van der Waals surface area contributed by atoms with Gasteiger partial charge in [0.1, 0.15) is 12.3 Å². The normalized spacial score (nSPS) is 23.0. The van der Waals surface area contributed by atoms with Gasteiger partial charge in [0.05, 0.1) is 31.5 Å². The summed E-state index contributed by atoms with van der Waals surface area (Å²) in [6, 6.07) is 9.51. The Kier molecular flexibility index (Phi) is 5.44. The van der Waals surface area contributed by atoms with Crippen LogP contribution in [-0.2, 0) is 22.7 Å². The van der Waals surface area contributed by atoms with E-state index in [1.807, 2.05) is 30.3 Å². The molecule has 2 aromatic rings. The summed E-state index contributed by atoms with van der Waals surface area (Å²) in [4.78, 5) is 26.2. The van der Waals surface area contributed by atoms with Gasteiger partial charge in [0.2, 0.25) is 0 Å². The maximum Gasteiger partial charge on any atom is 0.330 e. The second-order valence-corrected chi connectivity index (χ2v) is 5.91. The van der Waals surface area contributed by atoms with Gasteiger partial charge in [-0.05, 0) is 5.56 Å². The van der Waals surface area contributed by atoms with Crippen molar-refractivity contribution in [1.29, 1.82) is 0 Å². The van der Waals surface area contributed by atoms with Crippen molar-refractivity contribution >= 4 is 0 Å². The van der Waals surface area contributed by atoms with E-state index in [-0.39, 0.29) is 25.2 Å². The number of aromatic nitrogens is 2. The maximum absolute atomic E-state index is 12.0. The molecule has 134 valence electrons. The van der Waals surface area contributed by atoms with E-state index in [0.29, 0.717) is 6.61 Å². The predicted octanol–water partition coefficient (Wildman–Crippen LogP) is -0.106. The number of benzene rings is 1. The van der Waals surface area contributed by atoms with Gasteiger partial charge in [0.15, 0.2) is 0 Å². The van der Waals surface area contributed by atoms with E-state index in [0.717, 1.165) is 5.56 Å². The first-order valence-corrected chi connectivity index (χ1v) is 7.99. The molecule has 0 aliphatic carbocycles. The Labute approximate surface area is 143 Å². The van der Waals surface area contributed by atoms with Crippen LogP contribution in [0.3, 0.4) is 0 Å². The average molecular weight is 348 g/mol. The van der Waals surface area contributed by atoms with Crippen LogP contribution in [0.2, 0.25) is 0 Å². The van der Waals surface area contributed by atoms with Crippen LogP contribution in [0.4, 0.5) is 0 Å². The van der Waals surface area contributed by atoms with E-state index in [1.54, 1.807) is 0 Å². The van der Waals surface area contributed by atoms with Crippen molar-refractivity contribution in [3.05, 3.63) is 68.5 Å². The lowest BCUT2D eigenvalue weighted by molar-refractivity contribution is -0.0461. The van der Waals surface area contributed by atoms with Crippen LogP contribution in [0, 0.1) is 0 Å².